The molecule has 11 N–H and O–H groups in total. The van der Waals surface area contributed by atoms with Gasteiger partial charge in [-0.05, 0) is 12.1 Å². The van der Waals surface area contributed by atoms with Crippen molar-refractivity contribution in [1.29, 1.82) is 0 Å². The SMILES string of the molecule is Nc1nc2c(ncn2[C@]2(C(=O)c3ccccc3N)O[C@H](COP(=O)(O)OP(=O)(O)OP(=O)(O)O)[C@@H](O)[C@H]2O)c(=O)[nH]1. The predicted octanol–water partition coefficient (Wildman–Crippen LogP) is -1.72. The molecule has 21 nitrogen and oxygen atoms in total. The van der Waals surface area contributed by atoms with Gasteiger partial charge in [0, 0.05) is 11.3 Å². The van der Waals surface area contributed by atoms with Gasteiger partial charge in [-0.3, -0.25) is 23.7 Å². The number of nitrogen functional groups attached to an aromatic ring is 2. The lowest BCUT2D eigenvalue weighted by atomic mass is 9.92. The number of carbonyl (C=O) groups is 1. The Morgan fingerprint density at radius 2 is 1.76 bits per heavy atom. The molecule has 1 aliphatic heterocycles. The van der Waals surface area contributed by atoms with Crippen molar-refractivity contribution in [3.8, 4) is 0 Å². The van der Waals surface area contributed by atoms with Gasteiger partial charge in [0.05, 0.1) is 6.61 Å². The monoisotopic (exact) mass is 642 g/mol. The van der Waals surface area contributed by atoms with Crippen LogP contribution in [0.5, 0.6) is 0 Å². The Balaban J connectivity index is 1.74. The molecular weight excluding hydrogens is 621 g/mol. The van der Waals surface area contributed by atoms with E-state index in [0.29, 0.717) is 0 Å². The van der Waals surface area contributed by atoms with Gasteiger partial charge in [-0.1, -0.05) is 12.1 Å². The number of aliphatic hydroxyl groups is 2. The van der Waals surface area contributed by atoms with E-state index < -0.39 is 77.0 Å². The van der Waals surface area contributed by atoms with Crippen LogP contribution in [0.3, 0.4) is 0 Å². The van der Waals surface area contributed by atoms with Gasteiger partial charge in [0.1, 0.15) is 24.6 Å². The molecule has 1 aromatic carbocycles. The molecule has 2 unspecified atom stereocenters. The van der Waals surface area contributed by atoms with E-state index in [0.717, 1.165) is 10.9 Å². The highest BCUT2D eigenvalue weighted by Gasteiger charge is 2.61. The number of nitrogens with one attached hydrogen (secondary N) is 1. The van der Waals surface area contributed by atoms with Gasteiger partial charge < -0.3 is 46.0 Å². The van der Waals surface area contributed by atoms with Crippen molar-refractivity contribution in [3.63, 3.8) is 0 Å². The lowest BCUT2D eigenvalue weighted by Crippen LogP contribution is -2.52. The minimum absolute atomic E-state index is 0.103. The van der Waals surface area contributed by atoms with Gasteiger partial charge in [0.2, 0.25) is 17.5 Å². The average Bonchev–Trinajstić information content (AvgIpc) is 3.35. The number of H-pyrrole nitrogens is 1. The van der Waals surface area contributed by atoms with Gasteiger partial charge in [0.25, 0.3) is 5.56 Å². The number of benzene rings is 1. The number of aromatic nitrogens is 4. The number of aromatic amines is 1. The maximum absolute atomic E-state index is 13.9. The van der Waals surface area contributed by atoms with Crippen molar-refractivity contribution >= 4 is 52.1 Å². The molecule has 0 spiro atoms. The predicted molar refractivity (Wildman–Crippen MR) is 132 cm³/mol. The van der Waals surface area contributed by atoms with Crippen LogP contribution >= 0.6 is 23.5 Å². The Hall–Kier alpha value is -2.87. The fraction of sp³-hybridized carbons (Fsp3) is 0.294. The van der Waals surface area contributed by atoms with Crippen LogP contribution in [0.2, 0.25) is 0 Å². The first-order valence-corrected chi connectivity index (χ1v) is 15.3. The van der Waals surface area contributed by atoms with Crippen molar-refractivity contribution in [2.24, 2.45) is 0 Å². The molecule has 0 amide bonds. The highest BCUT2D eigenvalue weighted by molar-refractivity contribution is 7.66. The number of fused-ring (bicyclic) bond motifs is 1. The highest BCUT2D eigenvalue weighted by Crippen LogP contribution is 2.66. The molecule has 0 saturated carbocycles. The molecule has 1 fully saturated rings. The van der Waals surface area contributed by atoms with Gasteiger partial charge in [-0.2, -0.15) is 13.6 Å². The fourth-order valence-corrected chi connectivity index (χ4v) is 7.00. The first-order chi connectivity index (χ1) is 18.9. The first-order valence-electron chi connectivity index (χ1n) is 10.8. The van der Waals surface area contributed by atoms with E-state index in [1.54, 1.807) is 0 Å². The molecule has 1 aliphatic rings. The fourth-order valence-electron chi connectivity index (χ4n) is 3.97. The Morgan fingerprint density at radius 3 is 2.39 bits per heavy atom. The average molecular weight is 642 g/mol. The van der Waals surface area contributed by atoms with Crippen LogP contribution in [-0.2, 0) is 37.3 Å². The second-order valence-corrected chi connectivity index (χ2v) is 12.7. The number of para-hydroxylation sites is 1. The summed E-state index contributed by atoms with van der Waals surface area (Å²) in [6.07, 6.45) is -5.40. The van der Waals surface area contributed by atoms with E-state index in [-0.39, 0.29) is 16.8 Å². The van der Waals surface area contributed by atoms with Crippen LogP contribution in [0, 0.1) is 0 Å². The number of carbonyl (C=O) groups excluding carboxylic acids is 1. The van der Waals surface area contributed by atoms with Gasteiger partial charge in [0.15, 0.2) is 11.2 Å². The number of phosphoric acid groups is 3. The second kappa shape index (κ2) is 10.8. The number of hydrogen-bond donors (Lipinski definition) is 9. The van der Waals surface area contributed by atoms with Crippen LogP contribution in [-0.4, -0.2) is 80.0 Å². The van der Waals surface area contributed by atoms with Crippen LogP contribution in [0.1, 0.15) is 10.4 Å². The Kier molecular flexibility index (Phi) is 8.15. The number of nitrogens with zero attached hydrogens (tertiary/aromatic N) is 3. The Morgan fingerprint density at radius 1 is 1.10 bits per heavy atom. The summed E-state index contributed by atoms with van der Waals surface area (Å²) < 4.78 is 52.8. The van der Waals surface area contributed by atoms with Crippen molar-refractivity contribution in [3.05, 3.63) is 46.5 Å². The van der Waals surface area contributed by atoms with Gasteiger partial charge in [-0.25, -0.2) is 18.7 Å². The lowest BCUT2D eigenvalue weighted by Gasteiger charge is -2.32. The summed E-state index contributed by atoms with van der Waals surface area (Å²) in [5.74, 6) is -1.54. The minimum atomic E-state index is -5.87. The minimum Gasteiger partial charge on any atom is -0.398 e. The van der Waals surface area contributed by atoms with E-state index in [1.165, 1.54) is 24.3 Å². The number of imidazole rings is 1. The molecule has 0 bridgehead atoms. The van der Waals surface area contributed by atoms with Crippen LogP contribution in [0.4, 0.5) is 11.6 Å². The lowest BCUT2D eigenvalue weighted by molar-refractivity contribution is -0.112. The molecule has 0 radical (unpaired) electrons. The molecule has 24 heteroatoms. The maximum atomic E-state index is 13.9. The molecular formula is C17H21N6O15P3. The molecule has 41 heavy (non-hydrogen) atoms. The number of hydrogen-bond acceptors (Lipinski definition) is 15. The summed E-state index contributed by atoms with van der Waals surface area (Å²) in [5.41, 5.74) is 6.88. The smallest absolute Gasteiger partial charge is 0.398 e. The number of rotatable bonds is 10. The zero-order valence-electron chi connectivity index (χ0n) is 20.0. The molecule has 3 heterocycles. The third kappa shape index (κ3) is 6.18. The Labute approximate surface area is 226 Å². The summed E-state index contributed by atoms with van der Waals surface area (Å²) in [5, 5.41) is 22.0. The Bertz CT molecular complexity index is 1710. The molecule has 224 valence electrons. The quantitative estimate of drug-likeness (QED) is 0.0674. The van der Waals surface area contributed by atoms with Gasteiger partial charge >= 0.3 is 23.5 Å². The van der Waals surface area contributed by atoms with Crippen LogP contribution in [0.25, 0.3) is 11.2 Å². The highest BCUT2D eigenvalue weighted by atomic mass is 31.3. The summed E-state index contributed by atoms with van der Waals surface area (Å²) in [6.45, 7) is -1.25. The number of nitrogens with two attached hydrogens (primary N) is 2. The molecule has 4 rings (SSSR count). The number of anilines is 2. The zero-order chi connectivity index (χ0) is 30.5. The third-order valence-electron chi connectivity index (χ3n) is 5.57. The van der Waals surface area contributed by atoms with Crippen molar-refractivity contribution in [2.75, 3.05) is 18.1 Å². The van der Waals surface area contributed by atoms with Crippen molar-refractivity contribution < 1.29 is 66.2 Å². The van der Waals surface area contributed by atoms with Crippen molar-refractivity contribution in [2.45, 2.75) is 24.0 Å². The second-order valence-electron chi connectivity index (χ2n) is 8.33. The van der Waals surface area contributed by atoms with Crippen LogP contribution < -0.4 is 17.0 Å². The standard InChI is InChI=1S/C17H21N6O15P3/c18-8-4-2-1-3-7(8)12(25)17(23-6-20-10-14(23)21-16(19)22-15(10)27)13(26)11(24)9(36-17)5-35-40(31,32)38-41(33,34)37-39(28,29)30/h1-4,6,9,11,13,24,26H,5,18H2,(H,31,32)(H,33,34)(H2,28,29,30)(H3,19,21,22,27)/t9-,11-,13-,17-/m1/s1. The number of Topliss-reactive ketones (excluding diaryl/α,β-unsaturated/α-hetero) is 1. The van der Waals surface area contributed by atoms with Crippen LogP contribution in [0.15, 0.2) is 35.4 Å². The molecule has 2 aromatic heterocycles. The molecule has 3 aromatic rings. The zero-order valence-corrected chi connectivity index (χ0v) is 22.7. The largest absolute Gasteiger partial charge is 0.490 e. The van der Waals surface area contributed by atoms with Crippen molar-refractivity contribution in [1.82, 2.24) is 19.5 Å². The van der Waals surface area contributed by atoms with E-state index in [9.17, 15) is 43.3 Å². The maximum Gasteiger partial charge on any atom is 0.490 e. The summed E-state index contributed by atoms with van der Waals surface area (Å²) in [6, 6.07) is 5.47. The van der Waals surface area contributed by atoms with E-state index in [2.05, 4.69) is 28.1 Å². The first kappa shape index (κ1) is 31.1. The summed E-state index contributed by atoms with van der Waals surface area (Å²) in [7, 11) is -17.2. The topological polar surface area (TPSA) is 342 Å². The summed E-state index contributed by atoms with van der Waals surface area (Å²) in [4.78, 5) is 72.6. The van der Waals surface area contributed by atoms with E-state index in [4.69, 9.17) is 26.0 Å². The third-order valence-corrected chi connectivity index (χ3v) is 9.37. The number of aliphatic hydroxyl groups excluding tert-OH is 2. The summed E-state index contributed by atoms with van der Waals surface area (Å²) >= 11 is 0. The number of phosphoric ester groups is 1. The molecule has 1 saturated heterocycles. The normalized spacial score (nSPS) is 26.0. The number of ether oxygens (including phenoxy) is 1. The number of ketones is 1. The molecule has 6 atom stereocenters. The van der Waals surface area contributed by atoms with E-state index in [1.807, 2.05) is 0 Å². The van der Waals surface area contributed by atoms with E-state index >= 15 is 0 Å². The molecule has 0 aliphatic carbocycles. The van der Waals surface area contributed by atoms with Gasteiger partial charge in [-0.15, -0.1) is 0 Å².